The first kappa shape index (κ1) is 17.8. The largest absolute Gasteiger partial charge is 0.394 e. The topological polar surface area (TPSA) is 71.5 Å². The number of hydrogen-bond acceptors (Lipinski definition) is 6. The van der Waals surface area contributed by atoms with E-state index in [0.29, 0.717) is 12.2 Å². The van der Waals surface area contributed by atoms with Crippen molar-refractivity contribution in [1.29, 1.82) is 0 Å². The van der Waals surface area contributed by atoms with Gasteiger partial charge in [0.05, 0.1) is 13.2 Å². The van der Waals surface area contributed by atoms with E-state index in [1.165, 1.54) is 11.3 Å². The third-order valence-corrected chi connectivity index (χ3v) is 5.12. The van der Waals surface area contributed by atoms with Crippen LogP contribution >= 0.6 is 22.7 Å². The number of carbonyl (C=O) groups excluding carboxylic acids is 1. The fourth-order valence-electron chi connectivity index (χ4n) is 2.29. The molecule has 0 spiro atoms. The summed E-state index contributed by atoms with van der Waals surface area (Å²) in [5, 5.41) is 18.3. The Kier molecular flexibility index (Phi) is 6.30. The molecule has 25 heavy (non-hydrogen) atoms. The first-order chi connectivity index (χ1) is 12.3. The van der Waals surface area contributed by atoms with Crippen LogP contribution in [-0.2, 0) is 4.74 Å². The summed E-state index contributed by atoms with van der Waals surface area (Å²) in [5.74, 6) is -0.230. The molecule has 0 bridgehead atoms. The molecule has 3 rings (SSSR count). The van der Waals surface area contributed by atoms with E-state index < -0.39 is 0 Å². The van der Waals surface area contributed by atoms with Gasteiger partial charge in [-0.2, -0.15) is 11.3 Å². The zero-order valence-corrected chi connectivity index (χ0v) is 15.1. The number of rotatable bonds is 8. The Hall–Kier alpha value is -2.06. The molecule has 2 N–H and O–H groups in total. The number of aliphatic hydroxyl groups is 1. The van der Waals surface area contributed by atoms with Gasteiger partial charge in [-0.05, 0) is 22.4 Å². The van der Waals surface area contributed by atoms with Gasteiger partial charge in [0.15, 0.2) is 0 Å². The van der Waals surface area contributed by atoms with Crippen LogP contribution < -0.4 is 5.32 Å². The number of carbonyl (C=O) groups is 1. The fourth-order valence-corrected chi connectivity index (χ4v) is 3.80. The lowest BCUT2D eigenvalue weighted by Crippen LogP contribution is -2.30. The fraction of sp³-hybridized carbons (Fsp3) is 0.222. The van der Waals surface area contributed by atoms with Gasteiger partial charge in [0.1, 0.15) is 16.8 Å². The van der Waals surface area contributed by atoms with Crippen LogP contribution in [0, 0.1) is 0 Å². The van der Waals surface area contributed by atoms with Gasteiger partial charge in [-0.25, -0.2) is 4.98 Å². The number of aromatic nitrogens is 1. The van der Waals surface area contributed by atoms with Crippen molar-refractivity contribution in [3.63, 3.8) is 0 Å². The Morgan fingerprint density at radius 1 is 1.24 bits per heavy atom. The van der Waals surface area contributed by atoms with Crippen LogP contribution in [0.4, 0.5) is 0 Å². The average Bonchev–Trinajstić information content (AvgIpc) is 3.34. The van der Waals surface area contributed by atoms with E-state index in [-0.39, 0.29) is 25.2 Å². The number of nitrogens with zero attached hydrogens (tertiary/aromatic N) is 1. The quantitative estimate of drug-likeness (QED) is 0.634. The standard InChI is InChI=1S/C18H18N2O3S2/c21-7-8-23-16(14-6-9-24-11-14)10-19-17(22)15-12-25-18(20-15)13-4-2-1-3-5-13/h1-6,9,11-12,16,21H,7-8,10H2,(H,19,22)/t16-/m0/s1. The molecular weight excluding hydrogens is 356 g/mol. The zero-order chi connectivity index (χ0) is 17.5. The van der Waals surface area contributed by atoms with Crippen LogP contribution in [0.5, 0.6) is 0 Å². The van der Waals surface area contributed by atoms with Gasteiger partial charge < -0.3 is 15.2 Å². The van der Waals surface area contributed by atoms with Crippen LogP contribution in [0.25, 0.3) is 10.6 Å². The van der Waals surface area contributed by atoms with E-state index in [2.05, 4.69) is 10.3 Å². The molecule has 0 aliphatic heterocycles. The Bertz CT molecular complexity index is 788. The van der Waals surface area contributed by atoms with Gasteiger partial charge in [-0.3, -0.25) is 4.79 Å². The Morgan fingerprint density at radius 3 is 2.80 bits per heavy atom. The van der Waals surface area contributed by atoms with Gasteiger partial charge >= 0.3 is 0 Å². The maximum absolute atomic E-state index is 12.4. The molecular formula is C18H18N2O3S2. The zero-order valence-electron chi connectivity index (χ0n) is 13.4. The predicted octanol–water partition coefficient (Wildman–Crippen LogP) is 3.35. The van der Waals surface area contributed by atoms with Crippen molar-refractivity contribution in [1.82, 2.24) is 10.3 Å². The molecule has 2 aromatic heterocycles. The van der Waals surface area contributed by atoms with Crippen molar-refractivity contribution >= 4 is 28.6 Å². The molecule has 3 aromatic rings. The SMILES string of the molecule is O=C(NC[C@H](OCCO)c1ccsc1)c1csc(-c2ccccc2)n1. The molecule has 0 unspecified atom stereocenters. The first-order valence-electron chi connectivity index (χ1n) is 7.81. The lowest BCUT2D eigenvalue weighted by molar-refractivity contribution is 0.0279. The first-order valence-corrected chi connectivity index (χ1v) is 9.64. The second kappa shape index (κ2) is 8.87. The highest BCUT2D eigenvalue weighted by molar-refractivity contribution is 7.13. The average molecular weight is 374 g/mol. The van der Waals surface area contributed by atoms with Gasteiger partial charge in [0.2, 0.25) is 0 Å². The molecule has 1 amide bonds. The minimum Gasteiger partial charge on any atom is -0.394 e. The van der Waals surface area contributed by atoms with Gasteiger partial charge in [0, 0.05) is 17.5 Å². The van der Waals surface area contributed by atoms with Crippen molar-refractivity contribution < 1.29 is 14.6 Å². The van der Waals surface area contributed by atoms with Gasteiger partial charge in [-0.15, -0.1) is 11.3 Å². The molecule has 0 saturated carbocycles. The molecule has 7 heteroatoms. The summed E-state index contributed by atoms with van der Waals surface area (Å²) in [6.45, 7) is 0.500. The summed E-state index contributed by atoms with van der Waals surface area (Å²) in [4.78, 5) is 16.8. The molecule has 1 aromatic carbocycles. The summed E-state index contributed by atoms with van der Waals surface area (Å²) < 4.78 is 5.62. The van der Waals surface area contributed by atoms with E-state index in [1.54, 1.807) is 16.7 Å². The van der Waals surface area contributed by atoms with Crippen LogP contribution in [0.1, 0.15) is 22.2 Å². The van der Waals surface area contributed by atoms with Crippen molar-refractivity contribution in [2.75, 3.05) is 19.8 Å². The molecule has 1 atom stereocenters. The highest BCUT2D eigenvalue weighted by Gasteiger charge is 2.16. The molecule has 0 fully saturated rings. The maximum Gasteiger partial charge on any atom is 0.270 e. The summed E-state index contributed by atoms with van der Waals surface area (Å²) in [6.07, 6.45) is -0.283. The monoisotopic (exact) mass is 374 g/mol. The van der Waals surface area contributed by atoms with Crippen molar-refractivity contribution in [2.45, 2.75) is 6.10 Å². The lowest BCUT2D eigenvalue weighted by Gasteiger charge is -2.16. The van der Waals surface area contributed by atoms with Crippen molar-refractivity contribution in [3.05, 3.63) is 63.8 Å². The summed E-state index contributed by atoms with van der Waals surface area (Å²) in [6, 6.07) is 11.7. The number of ether oxygens (including phenoxy) is 1. The summed E-state index contributed by atoms with van der Waals surface area (Å²) in [5.41, 5.74) is 2.38. The van der Waals surface area contributed by atoms with Crippen LogP contribution in [0.3, 0.4) is 0 Å². The normalized spacial score (nSPS) is 12.0. The minimum absolute atomic E-state index is 0.0545. The Labute approximate surface area is 153 Å². The van der Waals surface area contributed by atoms with E-state index in [9.17, 15) is 4.79 Å². The number of hydrogen-bond donors (Lipinski definition) is 2. The van der Waals surface area contributed by atoms with Crippen molar-refractivity contribution in [3.8, 4) is 10.6 Å². The number of thiazole rings is 1. The molecule has 0 aliphatic rings. The van der Waals surface area contributed by atoms with Crippen molar-refractivity contribution in [2.24, 2.45) is 0 Å². The Balaban J connectivity index is 1.62. The number of amides is 1. The van der Waals surface area contributed by atoms with E-state index in [4.69, 9.17) is 9.84 Å². The second-order valence-corrected chi connectivity index (χ2v) is 6.89. The second-order valence-electron chi connectivity index (χ2n) is 5.25. The highest BCUT2D eigenvalue weighted by atomic mass is 32.1. The van der Waals surface area contributed by atoms with E-state index in [0.717, 1.165) is 16.1 Å². The van der Waals surface area contributed by atoms with Crippen LogP contribution in [0.15, 0.2) is 52.5 Å². The Morgan fingerprint density at radius 2 is 2.08 bits per heavy atom. The van der Waals surface area contributed by atoms with Crippen LogP contribution in [-0.4, -0.2) is 35.8 Å². The van der Waals surface area contributed by atoms with Gasteiger partial charge in [0.25, 0.3) is 5.91 Å². The summed E-state index contributed by atoms with van der Waals surface area (Å²) in [7, 11) is 0. The number of nitrogens with one attached hydrogen (secondary N) is 1. The molecule has 0 radical (unpaired) electrons. The molecule has 0 aliphatic carbocycles. The lowest BCUT2D eigenvalue weighted by atomic mass is 10.2. The van der Waals surface area contributed by atoms with Gasteiger partial charge in [-0.1, -0.05) is 30.3 Å². The third kappa shape index (κ3) is 4.73. The molecule has 0 saturated heterocycles. The summed E-state index contributed by atoms with van der Waals surface area (Å²) >= 11 is 3.01. The predicted molar refractivity (Wildman–Crippen MR) is 100.0 cm³/mol. The third-order valence-electron chi connectivity index (χ3n) is 3.53. The number of aliphatic hydroxyl groups excluding tert-OH is 1. The maximum atomic E-state index is 12.4. The molecule has 130 valence electrons. The van der Waals surface area contributed by atoms with E-state index >= 15 is 0 Å². The van der Waals surface area contributed by atoms with E-state index in [1.807, 2.05) is 47.2 Å². The molecule has 2 heterocycles. The molecule has 5 nitrogen and oxygen atoms in total. The smallest absolute Gasteiger partial charge is 0.270 e. The number of thiophene rings is 1. The minimum atomic E-state index is -0.283. The van der Waals surface area contributed by atoms with Crippen LogP contribution in [0.2, 0.25) is 0 Å². The highest BCUT2D eigenvalue weighted by Crippen LogP contribution is 2.23. The number of benzene rings is 1.